The predicted octanol–water partition coefficient (Wildman–Crippen LogP) is 5.78. The number of ether oxygens (including phenoxy) is 1. The molecule has 35 heavy (non-hydrogen) atoms. The van der Waals surface area contributed by atoms with Crippen molar-refractivity contribution in [3.8, 4) is 10.8 Å². The zero-order chi connectivity index (χ0) is 24.5. The molecule has 0 fully saturated rings. The van der Waals surface area contributed by atoms with Gasteiger partial charge in [0.05, 0.1) is 24.9 Å². The van der Waals surface area contributed by atoms with E-state index >= 15 is 0 Å². The number of methoxy groups -OCH3 is 1. The minimum Gasteiger partial charge on any atom is -0.495 e. The molecule has 1 aliphatic rings. The van der Waals surface area contributed by atoms with Gasteiger partial charge in [-0.3, -0.25) is 14.4 Å². The number of aromatic nitrogens is 3. The molecule has 2 aromatic heterocycles. The lowest BCUT2D eigenvalue weighted by atomic mass is 10.0. The van der Waals surface area contributed by atoms with Crippen molar-refractivity contribution in [3.05, 3.63) is 87.3 Å². The number of halogens is 1. The summed E-state index contributed by atoms with van der Waals surface area (Å²) in [5, 5.41) is 13.4. The first-order chi connectivity index (χ1) is 17.0. The maximum absolute atomic E-state index is 13.2. The lowest BCUT2D eigenvalue weighted by molar-refractivity contribution is -0.116. The summed E-state index contributed by atoms with van der Waals surface area (Å²) < 4.78 is 7.41. The summed E-state index contributed by atoms with van der Waals surface area (Å²) in [7, 11) is 1.58. The fourth-order valence-corrected chi connectivity index (χ4v) is 5.45. The molecule has 3 heterocycles. The van der Waals surface area contributed by atoms with E-state index in [4.69, 9.17) is 21.3 Å². The lowest BCUT2D eigenvalue weighted by Crippen LogP contribution is -2.17. The molecule has 4 aromatic rings. The van der Waals surface area contributed by atoms with Crippen LogP contribution < -0.4 is 10.1 Å². The number of hydrogen-bond acceptors (Lipinski definition) is 6. The summed E-state index contributed by atoms with van der Waals surface area (Å²) in [6, 6.07) is 16.6. The van der Waals surface area contributed by atoms with Gasteiger partial charge in [0.25, 0.3) is 0 Å². The highest BCUT2D eigenvalue weighted by Crippen LogP contribution is 2.37. The normalized spacial score (nSPS) is 14.5. The second-order valence-corrected chi connectivity index (χ2v) is 9.73. The third-order valence-electron chi connectivity index (χ3n) is 5.88. The number of hydrogen-bond donors (Lipinski definition) is 1. The van der Waals surface area contributed by atoms with E-state index in [1.807, 2.05) is 54.0 Å². The molecule has 0 saturated heterocycles. The maximum atomic E-state index is 13.2. The van der Waals surface area contributed by atoms with E-state index in [-0.39, 0.29) is 12.3 Å². The number of amides is 1. The number of thiophene rings is 1. The highest BCUT2D eigenvalue weighted by Gasteiger charge is 2.31. The molecule has 1 N–H and O–H groups in total. The topological polar surface area (TPSA) is 81.4 Å². The maximum Gasteiger partial charge on any atom is 0.227 e. The molecule has 0 aliphatic carbocycles. The van der Waals surface area contributed by atoms with E-state index in [2.05, 4.69) is 28.5 Å². The van der Waals surface area contributed by atoms with Gasteiger partial charge in [-0.25, -0.2) is 0 Å². The van der Waals surface area contributed by atoms with Crippen molar-refractivity contribution in [2.45, 2.75) is 32.7 Å². The van der Waals surface area contributed by atoms with Crippen LogP contribution in [0.15, 0.2) is 59.6 Å². The number of benzene rings is 2. The number of aliphatic imine (C=N–C) groups is 1. The minimum absolute atomic E-state index is 0.100. The standard InChI is InChI=1S/C26H24ClN5O2S/c1-4-18-13-19-24(16-9-11-17(27)12-10-16)29-21(25-31-30-15(2)32(25)26(19)35-18)14-23(33)28-20-7-5-6-8-22(20)34-3/h5-13,21H,4,14H2,1-3H3,(H,28,33). The quantitative estimate of drug-likeness (QED) is 0.360. The summed E-state index contributed by atoms with van der Waals surface area (Å²) in [6.07, 6.45) is 1.01. The van der Waals surface area contributed by atoms with Gasteiger partial charge in [-0.1, -0.05) is 42.8 Å². The monoisotopic (exact) mass is 505 g/mol. The van der Waals surface area contributed by atoms with Gasteiger partial charge in [-0.2, -0.15) is 0 Å². The zero-order valence-electron chi connectivity index (χ0n) is 19.6. The van der Waals surface area contributed by atoms with Gasteiger partial charge < -0.3 is 10.1 Å². The number of nitrogens with one attached hydrogen (secondary N) is 1. The average Bonchev–Trinajstić information content (AvgIpc) is 3.42. The van der Waals surface area contributed by atoms with Crippen LogP contribution in [0.2, 0.25) is 5.02 Å². The second-order valence-electron chi connectivity index (χ2n) is 8.18. The van der Waals surface area contributed by atoms with Crippen molar-refractivity contribution in [1.82, 2.24) is 14.8 Å². The third kappa shape index (κ3) is 4.47. The van der Waals surface area contributed by atoms with Crippen LogP contribution in [0.1, 0.15) is 47.0 Å². The Morgan fingerprint density at radius 3 is 2.69 bits per heavy atom. The smallest absolute Gasteiger partial charge is 0.227 e. The van der Waals surface area contributed by atoms with E-state index in [9.17, 15) is 4.79 Å². The average molecular weight is 506 g/mol. The van der Waals surface area contributed by atoms with Gasteiger partial charge in [-0.15, -0.1) is 21.5 Å². The van der Waals surface area contributed by atoms with Gasteiger partial charge in [-0.05, 0) is 43.7 Å². The molecule has 0 saturated carbocycles. The Bertz CT molecular complexity index is 1420. The summed E-state index contributed by atoms with van der Waals surface area (Å²) in [5.74, 6) is 1.81. The van der Waals surface area contributed by atoms with Crippen LogP contribution in [0, 0.1) is 6.92 Å². The van der Waals surface area contributed by atoms with Crippen LogP contribution in [-0.4, -0.2) is 33.5 Å². The molecule has 1 amide bonds. The first-order valence-electron chi connectivity index (χ1n) is 11.3. The Kier molecular flexibility index (Phi) is 6.40. The van der Waals surface area contributed by atoms with Crippen molar-refractivity contribution < 1.29 is 9.53 Å². The first-order valence-corrected chi connectivity index (χ1v) is 12.5. The molecule has 178 valence electrons. The Morgan fingerprint density at radius 2 is 1.94 bits per heavy atom. The van der Waals surface area contributed by atoms with Crippen molar-refractivity contribution in [2.75, 3.05) is 12.4 Å². The number of para-hydroxylation sites is 2. The largest absolute Gasteiger partial charge is 0.495 e. The van der Waals surface area contributed by atoms with Gasteiger partial charge >= 0.3 is 0 Å². The van der Waals surface area contributed by atoms with Gasteiger partial charge in [0.15, 0.2) is 5.82 Å². The molecule has 1 aliphatic heterocycles. The summed E-state index contributed by atoms with van der Waals surface area (Å²) >= 11 is 7.86. The Hall–Kier alpha value is -3.49. The Morgan fingerprint density at radius 1 is 1.17 bits per heavy atom. The molecule has 9 heteroatoms. The molecule has 7 nitrogen and oxygen atoms in total. The minimum atomic E-state index is -0.527. The fraction of sp³-hybridized carbons (Fsp3) is 0.231. The van der Waals surface area contributed by atoms with Crippen LogP contribution in [0.3, 0.4) is 0 Å². The zero-order valence-corrected chi connectivity index (χ0v) is 21.2. The van der Waals surface area contributed by atoms with E-state index in [1.54, 1.807) is 24.5 Å². The molecular weight excluding hydrogens is 482 g/mol. The van der Waals surface area contributed by atoms with E-state index < -0.39 is 6.04 Å². The highest BCUT2D eigenvalue weighted by atomic mass is 35.5. The molecule has 1 atom stereocenters. The summed E-state index contributed by atoms with van der Waals surface area (Å²) in [6.45, 7) is 4.06. The highest BCUT2D eigenvalue weighted by molar-refractivity contribution is 7.15. The number of aryl methyl sites for hydroxylation is 2. The number of nitrogens with zero attached hydrogens (tertiary/aromatic N) is 4. The van der Waals surface area contributed by atoms with Gasteiger partial charge in [0.1, 0.15) is 22.6 Å². The molecule has 0 spiro atoms. The van der Waals surface area contributed by atoms with Crippen LogP contribution in [0.4, 0.5) is 5.69 Å². The van der Waals surface area contributed by atoms with E-state index in [1.165, 1.54) is 4.88 Å². The molecule has 0 bridgehead atoms. The van der Waals surface area contributed by atoms with Gasteiger partial charge in [0.2, 0.25) is 5.91 Å². The lowest BCUT2D eigenvalue weighted by Gasteiger charge is -2.14. The van der Waals surface area contributed by atoms with Crippen molar-refractivity contribution in [3.63, 3.8) is 0 Å². The fourth-order valence-electron chi connectivity index (χ4n) is 4.17. The van der Waals surface area contributed by atoms with Crippen LogP contribution in [0.5, 0.6) is 5.75 Å². The van der Waals surface area contributed by atoms with E-state index in [0.29, 0.717) is 22.3 Å². The summed E-state index contributed by atoms with van der Waals surface area (Å²) in [5.41, 5.74) is 3.36. The molecular formula is C26H24ClN5O2S. The molecule has 2 aromatic carbocycles. The Balaban J connectivity index is 1.59. The molecule has 1 unspecified atom stereocenters. The third-order valence-corrected chi connectivity index (χ3v) is 7.40. The van der Waals surface area contributed by atoms with Crippen LogP contribution in [-0.2, 0) is 11.2 Å². The van der Waals surface area contributed by atoms with Crippen LogP contribution in [0.25, 0.3) is 5.00 Å². The SMILES string of the molecule is CCc1cc2c(s1)-n1c(C)nnc1C(CC(=O)Nc1ccccc1OC)N=C2c1ccc(Cl)cc1. The van der Waals surface area contributed by atoms with Crippen LogP contribution >= 0.6 is 22.9 Å². The Labute approximate surface area is 212 Å². The van der Waals surface area contributed by atoms with Crippen molar-refractivity contribution in [2.24, 2.45) is 4.99 Å². The molecule has 5 rings (SSSR count). The second kappa shape index (κ2) is 9.64. The number of fused-ring (bicyclic) bond motifs is 3. The number of anilines is 1. The van der Waals surface area contributed by atoms with Crippen molar-refractivity contribution in [1.29, 1.82) is 0 Å². The predicted molar refractivity (Wildman–Crippen MR) is 139 cm³/mol. The van der Waals surface area contributed by atoms with Gasteiger partial charge in [0, 0.05) is 21.0 Å². The molecule has 0 radical (unpaired) electrons. The number of carbonyl (C=O) groups excluding carboxylic acids is 1. The number of rotatable bonds is 6. The van der Waals surface area contributed by atoms with E-state index in [0.717, 1.165) is 34.1 Å². The van der Waals surface area contributed by atoms with Crippen molar-refractivity contribution >= 4 is 40.2 Å². The summed E-state index contributed by atoms with van der Waals surface area (Å²) in [4.78, 5) is 19.5. The number of carbonyl (C=O) groups is 1. The first kappa shape index (κ1) is 23.3.